The average molecular weight is 371 g/mol. The minimum atomic E-state index is -4.95. The number of benzene rings is 1. The van der Waals surface area contributed by atoms with Crippen molar-refractivity contribution in [3.63, 3.8) is 0 Å². The lowest BCUT2D eigenvalue weighted by atomic mass is 9.70. The Morgan fingerprint density at radius 3 is 2.31 bits per heavy atom. The predicted octanol–water partition coefficient (Wildman–Crippen LogP) is 4.69. The molecular weight excluding hydrogens is 350 g/mol. The maximum absolute atomic E-state index is 13.9. The van der Waals surface area contributed by atoms with Crippen molar-refractivity contribution in [3.8, 4) is 5.75 Å². The molecule has 0 radical (unpaired) electrons. The molecule has 2 unspecified atom stereocenters. The summed E-state index contributed by atoms with van der Waals surface area (Å²) in [4.78, 5) is 3.92. The van der Waals surface area contributed by atoms with Gasteiger partial charge in [-0.1, -0.05) is 26.8 Å². The van der Waals surface area contributed by atoms with Crippen molar-refractivity contribution in [3.05, 3.63) is 59.7 Å². The average Bonchev–Trinajstić information content (AvgIpc) is 2.55. The maximum atomic E-state index is 13.9. The maximum Gasteiger partial charge on any atom is 0.417 e. The van der Waals surface area contributed by atoms with Crippen LogP contribution in [-0.4, -0.2) is 27.0 Å². The fourth-order valence-corrected chi connectivity index (χ4v) is 3.19. The number of pyridine rings is 1. The normalized spacial score (nSPS) is 16.2. The second-order valence-corrected chi connectivity index (χ2v) is 7.12. The second kappa shape index (κ2) is 6.87. The number of aromatic nitrogens is 1. The molecule has 0 aliphatic carbocycles. The minimum absolute atomic E-state index is 0.00611. The summed E-state index contributed by atoms with van der Waals surface area (Å²) in [6, 6.07) is 7.60. The van der Waals surface area contributed by atoms with E-state index in [9.17, 15) is 27.8 Å². The van der Waals surface area contributed by atoms with Gasteiger partial charge in [-0.15, -0.1) is 0 Å². The molecule has 2 aromatic rings. The first-order chi connectivity index (χ1) is 11.9. The van der Waals surface area contributed by atoms with Crippen LogP contribution in [0.5, 0.6) is 5.75 Å². The van der Waals surface area contributed by atoms with Crippen LogP contribution >= 0.6 is 0 Å². The SMILES string of the molecule is CC(c1ccccn1)C(O)(CC(C)(C)c1cc(F)ccc1O)C(F)(F)F. The predicted molar refractivity (Wildman–Crippen MR) is 89.4 cm³/mol. The van der Waals surface area contributed by atoms with Gasteiger partial charge in [-0.05, 0) is 42.2 Å². The fourth-order valence-electron chi connectivity index (χ4n) is 3.19. The van der Waals surface area contributed by atoms with Crippen LogP contribution < -0.4 is 0 Å². The molecule has 2 atom stereocenters. The van der Waals surface area contributed by atoms with Crippen molar-refractivity contribution in [2.45, 2.75) is 50.3 Å². The van der Waals surface area contributed by atoms with Gasteiger partial charge in [-0.3, -0.25) is 4.98 Å². The molecule has 2 rings (SSSR count). The molecule has 0 aliphatic heterocycles. The molecule has 26 heavy (non-hydrogen) atoms. The van der Waals surface area contributed by atoms with Gasteiger partial charge < -0.3 is 10.2 Å². The third-order valence-electron chi connectivity index (χ3n) is 4.74. The van der Waals surface area contributed by atoms with Crippen LogP contribution in [0.1, 0.15) is 44.4 Å². The molecule has 0 saturated carbocycles. The Bertz CT molecular complexity index is 762. The molecule has 0 spiro atoms. The van der Waals surface area contributed by atoms with Gasteiger partial charge in [-0.25, -0.2) is 4.39 Å². The van der Waals surface area contributed by atoms with Crippen molar-refractivity contribution >= 4 is 0 Å². The summed E-state index contributed by atoms with van der Waals surface area (Å²) in [6.45, 7) is 4.09. The van der Waals surface area contributed by atoms with E-state index in [-0.39, 0.29) is 17.0 Å². The van der Waals surface area contributed by atoms with Crippen LogP contribution in [0.2, 0.25) is 0 Å². The number of hydrogen-bond donors (Lipinski definition) is 2. The number of hydrogen-bond acceptors (Lipinski definition) is 3. The molecule has 142 valence electrons. The van der Waals surface area contributed by atoms with E-state index in [1.54, 1.807) is 12.1 Å². The fraction of sp³-hybridized carbons (Fsp3) is 0.421. The zero-order valence-corrected chi connectivity index (χ0v) is 14.7. The van der Waals surface area contributed by atoms with Crippen LogP contribution in [-0.2, 0) is 5.41 Å². The number of aromatic hydroxyl groups is 1. The minimum Gasteiger partial charge on any atom is -0.508 e. The van der Waals surface area contributed by atoms with Crippen molar-refractivity contribution in [1.82, 2.24) is 4.98 Å². The molecule has 1 aromatic heterocycles. The van der Waals surface area contributed by atoms with Crippen molar-refractivity contribution in [2.24, 2.45) is 0 Å². The Morgan fingerprint density at radius 2 is 1.77 bits per heavy atom. The summed E-state index contributed by atoms with van der Waals surface area (Å²) in [7, 11) is 0. The van der Waals surface area contributed by atoms with Gasteiger partial charge in [0.25, 0.3) is 0 Å². The number of aliphatic hydroxyl groups is 1. The number of phenolic OH excluding ortho intramolecular Hbond substituents is 1. The molecule has 0 aliphatic rings. The quantitative estimate of drug-likeness (QED) is 0.750. The lowest BCUT2D eigenvalue weighted by molar-refractivity contribution is -0.274. The zero-order chi connectivity index (χ0) is 19.8. The molecule has 0 saturated heterocycles. The van der Waals surface area contributed by atoms with Crippen molar-refractivity contribution < 1.29 is 27.8 Å². The monoisotopic (exact) mass is 371 g/mol. The van der Waals surface area contributed by atoms with Crippen LogP contribution in [0.4, 0.5) is 17.6 Å². The number of rotatable bonds is 5. The van der Waals surface area contributed by atoms with Crippen molar-refractivity contribution in [2.75, 3.05) is 0 Å². The van der Waals surface area contributed by atoms with E-state index in [1.165, 1.54) is 33.0 Å². The molecule has 1 aromatic carbocycles. The Balaban J connectivity index is 2.49. The molecule has 0 amide bonds. The molecule has 0 bridgehead atoms. The summed E-state index contributed by atoms with van der Waals surface area (Å²) < 4.78 is 55.1. The molecule has 2 N–H and O–H groups in total. The second-order valence-electron chi connectivity index (χ2n) is 7.12. The summed E-state index contributed by atoms with van der Waals surface area (Å²) in [5.41, 5.74) is -4.40. The van der Waals surface area contributed by atoms with Crippen LogP contribution in [0.25, 0.3) is 0 Å². The first-order valence-electron chi connectivity index (χ1n) is 8.07. The lowest BCUT2D eigenvalue weighted by Gasteiger charge is -2.41. The first kappa shape index (κ1) is 20.2. The topological polar surface area (TPSA) is 53.4 Å². The van der Waals surface area contributed by atoms with Crippen LogP contribution in [0, 0.1) is 5.82 Å². The van der Waals surface area contributed by atoms with E-state index in [0.717, 1.165) is 18.2 Å². The van der Waals surface area contributed by atoms with E-state index in [0.29, 0.717) is 0 Å². The highest BCUT2D eigenvalue weighted by atomic mass is 19.4. The standard InChI is InChI=1S/C19H21F4NO2/c1-12(15-6-4-5-9-24-15)18(26,19(21,22)23)11-17(2,3)14-10-13(20)7-8-16(14)25/h4-10,12,25-26H,11H2,1-3H3. The summed E-state index contributed by atoms with van der Waals surface area (Å²) in [5.74, 6) is -2.37. The Labute approximate surface area is 149 Å². The Kier molecular flexibility index (Phi) is 5.33. The van der Waals surface area contributed by atoms with E-state index < -0.39 is 35.3 Å². The van der Waals surface area contributed by atoms with Gasteiger partial charge >= 0.3 is 6.18 Å². The van der Waals surface area contributed by atoms with E-state index in [2.05, 4.69) is 4.98 Å². The summed E-state index contributed by atoms with van der Waals surface area (Å²) in [6.07, 6.45) is -4.38. The Morgan fingerprint density at radius 1 is 1.12 bits per heavy atom. The van der Waals surface area contributed by atoms with E-state index in [4.69, 9.17) is 0 Å². The van der Waals surface area contributed by atoms with Crippen LogP contribution in [0.3, 0.4) is 0 Å². The van der Waals surface area contributed by atoms with Gasteiger partial charge in [0.15, 0.2) is 5.60 Å². The zero-order valence-electron chi connectivity index (χ0n) is 14.7. The lowest BCUT2D eigenvalue weighted by Crippen LogP contribution is -2.52. The highest BCUT2D eigenvalue weighted by Gasteiger charge is 2.59. The smallest absolute Gasteiger partial charge is 0.417 e. The first-order valence-corrected chi connectivity index (χ1v) is 8.07. The third-order valence-corrected chi connectivity index (χ3v) is 4.74. The van der Waals surface area contributed by atoms with E-state index >= 15 is 0 Å². The Hall–Kier alpha value is -2.15. The van der Waals surface area contributed by atoms with Gasteiger partial charge in [0.2, 0.25) is 0 Å². The molecule has 3 nitrogen and oxygen atoms in total. The number of alkyl halides is 3. The third kappa shape index (κ3) is 3.82. The number of phenols is 1. The molecular formula is C19H21F4NO2. The van der Waals surface area contributed by atoms with Crippen LogP contribution in [0.15, 0.2) is 42.6 Å². The number of nitrogens with zero attached hydrogens (tertiary/aromatic N) is 1. The van der Waals surface area contributed by atoms with Gasteiger partial charge in [0, 0.05) is 23.4 Å². The summed E-state index contributed by atoms with van der Waals surface area (Å²) in [5, 5.41) is 20.7. The molecule has 0 fully saturated rings. The molecule has 1 heterocycles. The highest BCUT2D eigenvalue weighted by Crippen LogP contribution is 2.49. The highest BCUT2D eigenvalue weighted by molar-refractivity contribution is 5.39. The van der Waals surface area contributed by atoms with Gasteiger partial charge in [-0.2, -0.15) is 13.2 Å². The number of halogens is 4. The van der Waals surface area contributed by atoms with Gasteiger partial charge in [0.1, 0.15) is 11.6 Å². The van der Waals surface area contributed by atoms with E-state index in [1.807, 2.05) is 0 Å². The largest absolute Gasteiger partial charge is 0.508 e. The van der Waals surface area contributed by atoms with Crippen molar-refractivity contribution in [1.29, 1.82) is 0 Å². The summed E-state index contributed by atoms with van der Waals surface area (Å²) >= 11 is 0. The molecule has 7 heteroatoms. The van der Waals surface area contributed by atoms with Gasteiger partial charge in [0.05, 0.1) is 0 Å².